The van der Waals surface area contributed by atoms with Gasteiger partial charge in [-0.25, -0.2) is 0 Å². The number of benzene rings is 1. The monoisotopic (exact) mass is 324 g/mol. The van der Waals surface area contributed by atoms with Crippen LogP contribution in [0, 0.1) is 11.3 Å². The van der Waals surface area contributed by atoms with Crippen LogP contribution in [0.25, 0.3) is 0 Å². The zero-order valence-corrected chi connectivity index (χ0v) is 13.4. The number of halogens is 1. The largest absolute Gasteiger partial charge is 0.492 e. The molecule has 1 N–H and O–H groups in total. The quantitative estimate of drug-likeness (QED) is 0.804. The highest BCUT2D eigenvalue weighted by molar-refractivity contribution is 9.10. The zero-order valence-electron chi connectivity index (χ0n) is 11.8. The summed E-state index contributed by atoms with van der Waals surface area (Å²) in [4.78, 5) is 0. The van der Waals surface area contributed by atoms with Crippen LogP contribution in [0.2, 0.25) is 0 Å². The smallest absolute Gasteiger partial charge is 0.133 e. The molecule has 1 aromatic rings. The predicted octanol–water partition coefficient (Wildman–Crippen LogP) is 4.02. The predicted molar refractivity (Wildman–Crippen MR) is 81.1 cm³/mol. The molecule has 0 aromatic heterocycles. The molecule has 19 heavy (non-hydrogen) atoms. The number of ether oxygens (including phenoxy) is 1. The van der Waals surface area contributed by atoms with Crippen LogP contribution in [-0.4, -0.2) is 12.1 Å². The van der Waals surface area contributed by atoms with Gasteiger partial charge in [0.2, 0.25) is 0 Å². The van der Waals surface area contributed by atoms with E-state index in [1.165, 1.54) is 5.56 Å². The van der Waals surface area contributed by atoms with E-state index in [0.29, 0.717) is 13.0 Å². The molecule has 1 aromatic carbocycles. The van der Waals surface area contributed by atoms with Crippen molar-refractivity contribution in [2.75, 3.05) is 6.61 Å². The SMILES string of the molecule is CC(C)(C)NCc1ccc(OCCCC#N)c(Br)c1. The Bertz CT molecular complexity index is 446. The normalized spacial score (nSPS) is 11.1. The summed E-state index contributed by atoms with van der Waals surface area (Å²) in [6, 6.07) is 8.20. The minimum absolute atomic E-state index is 0.110. The molecule has 1 rings (SSSR count). The first-order valence-electron chi connectivity index (χ1n) is 6.45. The lowest BCUT2D eigenvalue weighted by atomic mass is 10.1. The Balaban J connectivity index is 2.52. The van der Waals surface area contributed by atoms with Crippen LogP contribution in [0.5, 0.6) is 5.75 Å². The first kappa shape index (κ1) is 16.0. The molecule has 0 atom stereocenters. The summed E-state index contributed by atoms with van der Waals surface area (Å²) >= 11 is 3.52. The van der Waals surface area contributed by atoms with Crippen LogP contribution in [-0.2, 0) is 6.54 Å². The maximum Gasteiger partial charge on any atom is 0.133 e. The second-order valence-corrected chi connectivity index (χ2v) is 6.33. The average molecular weight is 325 g/mol. The highest BCUT2D eigenvalue weighted by Crippen LogP contribution is 2.26. The lowest BCUT2D eigenvalue weighted by Gasteiger charge is -2.20. The van der Waals surface area contributed by atoms with Crippen molar-refractivity contribution >= 4 is 15.9 Å². The highest BCUT2D eigenvalue weighted by atomic mass is 79.9. The molecule has 4 heteroatoms. The number of unbranched alkanes of at least 4 members (excludes halogenated alkanes) is 1. The third-order valence-corrected chi connectivity index (χ3v) is 3.13. The Morgan fingerprint density at radius 2 is 2.11 bits per heavy atom. The van der Waals surface area contributed by atoms with Crippen molar-refractivity contribution in [3.8, 4) is 11.8 Å². The van der Waals surface area contributed by atoms with Gasteiger partial charge in [0, 0.05) is 18.5 Å². The summed E-state index contributed by atoms with van der Waals surface area (Å²) in [5.74, 6) is 0.831. The minimum Gasteiger partial charge on any atom is -0.492 e. The third-order valence-electron chi connectivity index (χ3n) is 2.51. The molecule has 0 aliphatic carbocycles. The van der Waals surface area contributed by atoms with Crippen molar-refractivity contribution in [1.29, 1.82) is 5.26 Å². The number of nitrogens with one attached hydrogen (secondary N) is 1. The third kappa shape index (κ3) is 6.60. The van der Waals surface area contributed by atoms with Gasteiger partial charge in [-0.15, -0.1) is 0 Å². The van der Waals surface area contributed by atoms with E-state index in [1.807, 2.05) is 6.07 Å². The highest BCUT2D eigenvalue weighted by Gasteiger charge is 2.09. The number of nitrogens with zero attached hydrogens (tertiary/aromatic N) is 1. The maximum atomic E-state index is 8.46. The van der Waals surface area contributed by atoms with E-state index in [0.717, 1.165) is 23.2 Å². The number of rotatable bonds is 6. The van der Waals surface area contributed by atoms with Crippen molar-refractivity contribution < 1.29 is 4.74 Å². The van der Waals surface area contributed by atoms with Crippen molar-refractivity contribution in [1.82, 2.24) is 5.32 Å². The Labute approximate surface area is 124 Å². The van der Waals surface area contributed by atoms with E-state index in [1.54, 1.807) is 0 Å². The standard InChI is InChI=1S/C15H21BrN2O/c1-15(2,3)18-11-12-6-7-14(13(16)10-12)19-9-5-4-8-17/h6-7,10,18H,4-5,9,11H2,1-3H3. The minimum atomic E-state index is 0.110. The molecule has 0 aliphatic rings. The topological polar surface area (TPSA) is 45.0 Å². The van der Waals surface area contributed by atoms with E-state index in [9.17, 15) is 0 Å². The average Bonchev–Trinajstić information content (AvgIpc) is 2.33. The lowest BCUT2D eigenvalue weighted by molar-refractivity contribution is 0.310. The molecule has 0 saturated carbocycles. The molecule has 0 aliphatic heterocycles. The number of hydrogen-bond donors (Lipinski definition) is 1. The molecule has 0 heterocycles. The van der Waals surface area contributed by atoms with Gasteiger partial charge in [0.05, 0.1) is 17.1 Å². The van der Waals surface area contributed by atoms with Crippen molar-refractivity contribution in [2.45, 2.75) is 45.7 Å². The fourth-order valence-electron chi connectivity index (χ4n) is 1.47. The zero-order chi connectivity index (χ0) is 14.3. The van der Waals surface area contributed by atoms with Gasteiger partial charge in [0.25, 0.3) is 0 Å². The first-order valence-corrected chi connectivity index (χ1v) is 7.25. The van der Waals surface area contributed by atoms with E-state index < -0.39 is 0 Å². The Morgan fingerprint density at radius 3 is 2.68 bits per heavy atom. The van der Waals surface area contributed by atoms with Gasteiger partial charge in [-0.3, -0.25) is 0 Å². The van der Waals surface area contributed by atoms with Crippen LogP contribution >= 0.6 is 15.9 Å². The Hall–Kier alpha value is -1.05. The van der Waals surface area contributed by atoms with Gasteiger partial charge >= 0.3 is 0 Å². The molecular formula is C15H21BrN2O. The van der Waals surface area contributed by atoms with Crippen LogP contribution in [0.3, 0.4) is 0 Å². The van der Waals surface area contributed by atoms with Crippen LogP contribution < -0.4 is 10.1 Å². The summed E-state index contributed by atoms with van der Waals surface area (Å²) in [6.07, 6.45) is 1.29. The fraction of sp³-hybridized carbons (Fsp3) is 0.533. The molecule has 0 saturated heterocycles. The van der Waals surface area contributed by atoms with Crippen LogP contribution in [0.4, 0.5) is 0 Å². The fourth-order valence-corrected chi connectivity index (χ4v) is 2.01. The molecule has 0 radical (unpaired) electrons. The van der Waals surface area contributed by atoms with E-state index in [4.69, 9.17) is 10.00 Å². The van der Waals surface area contributed by atoms with Gasteiger partial charge in [-0.05, 0) is 60.8 Å². The molecule has 0 bridgehead atoms. The van der Waals surface area contributed by atoms with Gasteiger partial charge in [-0.1, -0.05) is 6.07 Å². The molecule has 0 unspecified atom stereocenters. The summed E-state index contributed by atoms with van der Waals surface area (Å²) in [5.41, 5.74) is 1.32. The first-order chi connectivity index (χ1) is 8.92. The molecule has 0 amide bonds. The molecule has 104 valence electrons. The number of nitriles is 1. The molecule has 3 nitrogen and oxygen atoms in total. The van der Waals surface area contributed by atoms with Crippen LogP contribution in [0.15, 0.2) is 22.7 Å². The van der Waals surface area contributed by atoms with Gasteiger partial charge in [-0.2, -0.15) is 5.26 Å². The van der Waals surface area contributed by atoms with E-state index in [2.05, 4.69) is 60.2 Å². The summed E-state index contributed by atoms with van der Waals surface area (Å²) in [5, 5.41) is 11.9. The molecule has 0 spiro atoms. The second-order valence-electron chi connectivity index (χ2n) is 5.48. The van der Waals surface area contributed by atoms with Crippen molar-refractivity contribution in [3.05, 3.63) is 28.2 Å². The summed E-state index contributed by atoms with van der Waals surface area (Å²) < 4.78 is 6.58. The number of hydrogen-bond acceptors (Lipinski definition) is 3. The van der Waals surface area contributed by atoms with E-state index >= 15 is 0 Å². The summed E-state index contributed by atoms with van der Waals surface area (Å²) in [7, 11) is 0. The molecular weight excluding hydrogens is 304 g/mol. The van der Waals surface area contributed by atoms with Crippen molar-refractivity contribution in [3.63, 3.8) is 0 Å². The van der Waals surface area contributed by atoms with Crippen molar-refractivity contribution in [2.24, 2.45) is 0 Å². The Morgan fingerprint density at radius 1 is 1.37 bits per heavy atom. The van der Waals surface area contributed by atoms with E-state index in [-0.39, 0.29) is 5.54 Å². The molecule has 0 fully saturated rings. The van der Waals surface area contributed by atoms with Gasteiger partial charge in [0.1, 0.15) is 5.75 Å². The second kappa shape index (κ2) is 7.52. The van der Waals surface area contributed by atoms with Gasteiger partial charge < -0.3 is 10.1 Å². The lowest BCUT2D eigenvalue weighted by Crippen LogP contribution is -2.35. The van der Waals surface area contributed by atoms with Gasteiger partial charge in [0.15, 0.2) is 0 Å². The maximum absolute atomic E-state index is 8.46. The Kier molecular flexibility index (Phi) is 6.33. The summed E-state index contributed by atoms with van der Waals surface area (Å²) in [6.45, 7) is 7.85. The van der Waals surface area contributed by atoms with Crippen LogP contribution in [0.1, 0.15) is 39.2 Å².